The van der Waals surface area contributed by atoms with E-state index in [0.717, 1.165) is 67.0 Å². The van der Waals surface area contributed by atoms with Crippen molar-refractivity contribution in [2.45, 2.75) is 58.7 Å². The van der Waals surface area contributed by atoms with Crippen LogP contribution >= 0.6 is 11.5 Å². The minimum atomic E-state index is 0.0291. The van der Waals surface area contributed by atoms with E-state index in [1.165, 1.54) is 11.5 Å². The number of para-hydroxylation sites is 2. The number of fused-ring (bicyclic) bond motifs is 1. The van der Waals surface area contributed by atoms with Gasteiger partial charge in [0, 0.05) is 31.7 Å². The van der Waals surface area contributed by atoms with E-state index in [9.17, 15) is 4.79 Å². The number of hydrogen-bond donors (Lipinski definition) is 0. The molecule has 0 radical (unpaired) electrons. The summed E-state index contributed by atoms with van der Waals surface area (Å²) in [4.78, 5) is 20.4. The fourth-order valence-electron chi connectivity index (χ4n) is 5.38. The van der Waals surface area contributed by atoms with E-state index in [4.69, 9.17) is 9.47 Å². The lowest BCUT2D eigenvalue weighted by Gasteiger charge is -2.34. The zero-order chi connectivity index (χ0) is 26.6. The Kier molecular flexibility index (Phi) is 8.14. The molecule has 0 N–H and O–H groups in total. The Morgan fingerprint density at radius 2 is 1.87 bits per heavy atom. The van der Waals surface area contributed by atoms with E-state index in [0.29, 0.717) is 18.3 Å². The van der Waals surface area contributed by atoms with Crippen LogP contribution in [0, 0.1) is 12.8 Å². The number of aryl methyl sites for hydroxylation is 1. The summed E-state index contributed by atoms with van der Waals surface area (Å²) in [6, 6.07) is 14.2. The van der Waals surface area contributed by atoms with Crippen LogP contribution in [-0.2, 0) is 6.54 Å². The van der Waals surface area contributed by atoms with Gasteiger partial charge in [-0.25, -0.2) is 9.78 Å². The highest BCUT2D eigenvalue weighted by atomic mass is 32.1. The van der Waals surface area contributed by atoms with E-state index in [2.05, 4.69) is 41.1 Å². The van der Waals surface area contributed by atoms with Crippen molar-refractivity contribution in [3.8, 4) is 11.5 Å². The summed E-state index contributed by atoms with van der Waals surface area (Å²) in [6.07, 6.45) is 2.98. The maximum absolute atomic E-state index is 13.6. The van der Waals surface area contributed by atoms with Gasteiger partial charge in [-0.1, -0.05) is 32.0 Å². The van der Waals surface area contributed by atoms with Gasteiger partial charge in [-0.05, 0) is 67.4 Å². The second-order valence-corrected chi connectivity index (χ2v) is 11.1. The Labute approximate surface area is 228 Å². The molecule has 8 nitrogen and oxygen atoms in total. The molecular formula is C29H37N5O3S. The fourth-order valence-corrected chi connectivity index (χ4v) is 5.82. The molecule has 0 aliphatic carbocycles. The number of piperidine rings is 1. The van der Waals surface area contributed by atoms with Crippen LogP contribution in [0.15, 0.2) is 52.8 Å². The SMILES string of the molecule is COc1ccc(C)c(OC(CCN2CCC(n3c(=O)n(Cc4ncsn4)c4ccccc43)CC2)C(C)C)c1. The average Bonchev–Trinajstić information content (AvgIpc) is 3.54. The molecule has 1 atom stereocenters. The molecule has 1 aliphatic heterocycles. The van der Waals surface area contributed by atoms with Gasteiger partial charge in [0.05, 0.1) is 24.7 Å². The first-order valence-corrected chi connectivity index (χ1v) is 14.3. The van der Waals surface area contributed by atoms with E-state index in [1.54, 1.807) is 12.6 Å². The number of benzene rings is 2. The van der Waals surface area contributed by atoms with Crippen molar-refractivity contribution in [1.82, 2.24) is 23.4 Å². The van der Waals surface area contributed by atoms with Gasteiger partial charge in [0.15, 0.2) is 5.82 Å². The number of ether oxygens (including phenoxy) is 2. The van der Waals surface area contributed by atoms with Crippen LogP contribution in [0.5, 0.6) is 11.5 Å². The normalized spacial score (nSPS) is 15.8. The summed E-state index contributed by atoms with van der Waals surface area (Å²) < 4.78 is 20.0. The monoisotopic (exact) mass is 535 g/mol. The van der Waals surface area contributed by atoms with Crippen molar-refractivity contribution in [2.24, 2.45) is 5.92 Å². The average molecular weight is 536 g/mol. The molecule has 0 bridgehead atoms. The van der Waals surface area contributed by atoms with Crippen molar-refractivity contribution in [2.75, 3.05) is 26.7 Å². The van der Waals surface area contributed by atoms with Gasteiger partial charge >= 0.3 is 5.69 Å². The Hall–Kier alpha value is -3.17. The lowest BCUT2D eigenvalue weighted by atomic mass is 10.0. The number of likely N-dealkylation sites (tertiary alicyclic amines) is 1. The Bertz CT molecular complexity index is 1400. The maximum Gasteiger partial charge on any atom is 0.329 e. The minimum Gasteiger partial charge on any atom is -0.497 e. The van der Waals surface area contributed by atoms with Crippen molar-refractivity contribution in [1.29, 1.82) is 0 Å². The molecule has 5 rings (SSSR count). The first-order chi connectivity index (χ1) is 18.4. The topological polar surface area (TPSA) is 74.4 Å². The largest absolute Gasteiger partial charge is 0.497 e. The summed E-state index contributed by atoms with van der Waals surface area (Å²) in [7, 11) is 1.68. The molecule has 0 spiro atoms. The summed E-state index contributed by atoms with van der Waals surface area (Å²) in [5.41, 5.74) is 4.79. The van der Waals surface area contributed by atoms with Crippen LogP contribution in [0.3, 0.4) is 0 Å². The number of rotatable bonds is 10. The lowest BCUT2D eigenvalue weighted by Crippen LogP contribution is -2.40. The summed E-state index contributed by atoms with van der Waals surface area (Å²) in [5.74, 6) is 2.79. The third-order valence-electron chi connectivity index (χ3n) is 7.64. The molecule has 4 aromatic rings. The number of nitrogens with zero attached hydrogens (tertiary/aromatic N) is 5. The van der Waals surface area contributed by atoms with E-state index < -0.39 is 0 Å². The highest BCUT2D eigenvalue weighted by molar-refractivity contribution is 7.03. The van der Waals surface area contributed by atoms with Crippen LogP contribution in [0.2, 0.25) is 0 Å². The van der Waals surface area contributed by atoms with Crippen LogP contribution in [0.4, 0.5) is 0 Å². The van der Waals surface area contributed by atoms with Gasteiger partial charge < -0.3 is 14.4 Å². The molecule has 1 saturated heterocycles. The summed E-state index contributed by atoms with van der Waals surface area (Å²) in [5, 5.41) is 0. The highest BCUT2D eigenvalue weighted by Gasteiger charge is 2.26. The third kappa shape index (κ3) is 5.63. The first kappa shape index (κ1) is 26.4. The van der Waals surface area contributed by atoms with Gasteiger partial charge in [-0.15, -0.1) is 0 Å². The molecule has 2 aromatic carbocycles. The molecule has 0 amide bonds. The fraction of sp³-hybridized carbons (Fsp3) is 0.483. The molecule has 38 heavy (non-hydrogen) atoms. The highest BCUT2D eigenvalue weighted by Crippen LogP contribution is 2.29. The van der Waals surface area contributed by atoms with Crippen molar-refractivity contribution in [3.63, 3.8) is 0 Å². The first-order valence-electron chi connectivity index (χ1n) is 13.4. The van der Waals surface area contributed by atoms with Gasteiger partial charge in [0.25, 0.3) is 0 Å². The van der Waals surface area contributed by atoms with Crippen LogP contribution in [0.25, 0.3) is 11.0 Å². The number of imidazole rings is 1. The van der Waals surface area contributed by atoms with Gasteiger partial charge in [-0.3, -0.25) is 9.13 Å². The van der Waals surface area contributed by atoms with Gasteiger partial charge in [-0.2, -0.15) is 4.37 Å². The molecule has 9 heteroatoms. The van der Waals surface area contributed by atoms with Crippen molar-refractivity contribution < 1.29 is 9.47 Å². The molecule has 3 heterocycles. The number of hydrogen-bond acceptors (Lipinski definition) is 7. The molecule has 0 saturated carbocycles. The predicted octanol–water partition coefficient (Wildman–Crippen LogP) is 5.15. The molecule has 1 unspecified atom stereocenters. The maximum atomic E-state index is 13.6. The third-order valence-corrected chi connectivity index (χ3v) is 8.16. The smallest absolute Gasteiger partial charge is 0.329 e. The predicted molar refractivity (Wildman–Crippen MR) is 152 cm³/mol. The Balaban J connectivity index is 1.24. The van der Waals surface area contributed by atoms with Crippen molar-refractivity contribution >= 4 is 22.6 Å². The second kappa shape index (κ2) is 11.7. The molecule has 1 fully saturated rings. The molecular weight excluding hydrogens is 498 g/mol. The Morgan fingerprint density at radius 1 is 1.11 bits per heavy atom. The van der Waals surface area contributed by atoms with E-state index in [1.807, 2.05) is 45.5 Å². The molecule has 2 aromatic heterocycles. The quantitative estimate of drug-likeness (QED) is 0.280. The zero-order valence-electron chi connectivity index (χ0n) is 22.7. The number of methoxy groups -OCH3 is 1. The van der Waals surface area contributed by atoms with Crippen molar-refractivity contribution in [3.05, 3.63) is 69.8 Å². The van der Waals surface area contributed by atoms with Gasteiger partial charge in [0.1, 0.15) is 23.1 Å². The molecule has 202 valence electrons. The van der Waals surface area contributed by atoms with Gasteiger partial charge in [0.2, 0.25) is 0 Å². The second-order valence-electron chi connectivity index (χ2n) is 10.5. The van der Waals surface area contributed by atoms with Crippen LogP contribution in [-0.4, -0.2) is 56.2 Å². The lowest BCUT2D eigenvalue weighted by molar-refractivity contribution is 0.109. The summed E-state index contributed by atoms with van der Waals surface area (Å²) in [6.45, 7) is 9.82. The molecule has 1 aliphatic rings. The van der Waals surface area contributed by atoms with Crippen LogP contribution < -0.4 is 15.2 Å². The summed E-state index contributed by atoms with van der Waals surface area (Å²) >= 11 is 1.31. The van der Waals surface area contributed by atoms with E-state index in [-0.39, 0.29) is 17.8 Å². The number of aromatic nitrogens is 4. The minimum absolute atomic E-state index is 0.0291. The van der Waals surface area contributed by atoms with Crippen LogP contribution in [0.1, 0.15) is 50.5 Å². The zero-order valence-corrected chi connectivity index (χ0v) is 23.5. The standard InChI is InChI=1S/C29H37N5O3S/c1-20(2)26(37-27-17-23(36-4)10-9-21(27)3)13-16-32-14-11-22(12-15-32)34-25-8-6-5-7-24(25)33(29(34)35)18-28-30-19-38-31-28/h5-10,17,19-20,22,26H,11-16,18H2,1-4H3. The van der Waals surface area contributed by atoms with E-state index >= 15 is 0 Å². The Morgan fingerprint density at radius 3 is 2.55 bits per heavy atom.